The molecule has 2 aromatic heterocycles. The van der Waals surface area contributed by atoms with Crippen LogP contribution < -0.4 is 10.6 Å². The summed E-state index contributed by atoms with van der Waals surface area (Å²) in [6.45, 7) is 2.83. The lowest BCUT2D eigenvalue weighted by atomic mass is 10.3. The summed E-state index contributed by atoms with van der Waals surface area (Å²) >= 11 is 9.50. The highest BCUT2D eigenvalue weighted by Gasteiger charge is 2.08. The van der Waals surface area contributed by atoms with Gasteiger partial charge in [0.15, 0.2) is 11.5 Å². The van der Waals surface area contributed by atoms with Crippen molar-refractivity contribution in [1.29, 1.82) is 0 Å². The number of fused-ring (bicyclic) bond motifs is 1. The van der Waals surface area contributed by atoms with Crippen LogP contribution in [0.4, 0.5) is 17.3 Å². The Morgan fingerprint density at radius 3 is 3.00 bits per heavy atom. The van der Waals surface area contributed by atoms with Gasteiger partial charge in [-0.15, -0.1) is 0 Å². The van der Waals surface area contributed by atoms with Gasteiger partial charge in [0.25, 0.3) is 0 Å². The molecule has 0 radical (unpaired) electrons. The van der Waals surface area contributed by atoms with Crippen molar-refractivity contribution < 1.29 is 0 Å². The Bertz CT molecular complexity index is 786. The maximum atomic E-state index is 6.12. The number of aromatic nitrogens is 3. The Labute approximate surface area is 135 Å². The second kappa shape index (κ2) is 5.91. The van der Waals surface area contributed by atoms with Crippen LogP contribution in [0.5, 0.6) is 0 Å². The van der Waals surface area contributed by atoms with E-state index in [0.717, 1.165) is 28.2 Å². The normalized spacial score (nSPS) is 10.8. The number of nitrogens with one attached hydrogen (secondary N) is 2. The topological polar surface area (TPSA) is 54.2 Å². The first-order valence-electron chi connectivity index (χ1n) is 6.47. The first-order chi connectivity index (χ1) is 10.2. The number of nitrogens with zero attached hydrogens (tertiary/aromatic N) is 3. The summed E-state index contributed by atoms with van der Waals surface area (Å²) in [5.74, 6) is 1.46. The lowest BCUT2D eigenvalue weighted by Crippen LogP contribution is -2.05. The van der Waals surface area contributed by atoms with Gasteiger partial charge in [0.05, 0.1) is 11.2 Å². The number of anilines is 3. The lowest BCUT2D eigenvalue weighted by Gasteiger charge is -2.10. The van der Waals surface area contributed by atoms with Crippen molar-refractivity contribution in [3.8, 4) is 0 Å². The summed E-state index contributed by atoms with van der Waals surface area (Å²) in [6.07, 6.45) is 5.54. The second-order valence-corrected chi connectivity index (χ2v) is 5.68. The van der Waals surface area contributed by atoms with E-state index in [2.05, 4.69) is 36.5 Å². The molecule has 0 aliphatic heterocycles. The number of hydrogen-bond donors (Lipinski definition) is 2. The molecule has 1 aromatic carbocycles. The molecule has 0 amide bonds. The first kappa shape index (κ1) is 14.2. The number of rotatable bonds is 4. The van der Waals surface area contributed by atoms with Gasteiger partial charge >= 0.3 is 0 Å². The fourth-order valence-electron chi connectivity index (χ4n) is 1.99. The van der Waals surface area contributed by atoms with Crippen LogP contribution in [-0.2, 0) is 0 Å². The van der Waals surface area contributed by atoms with Crippen LogP contribution in [0.15, 0.2) is 41.3 Å². The summed E-state index contributed by atoms with van der Waals surface area (Å²) in [4.78, 5) is 8.87. The Hall–Kier alpha value is -1.79. The SMILES string of the molecule is CCNc1cn2ccnc2c(Nc2ccc(Br)c(Cl)c2)n1. The second-order valence-electron chi connectivity index (χ2n) is 4.42. The van der Waals surface area contributed by atoms with E-state index < -0.39 is 0 Å². The molecule has 0 saturated heterocycles. The third-order valence-electron chi connectivity index (χ3n) is 2.91. The minimum atomic E-state index is 0.641. The summed E-state index contributed by atoms with van der Waals surface area (Å²) < 4.78 is 2.78. The summed E-state index contributed by atoms with van der Waals surface area (Å²) in [5, 5.41) is 7.10. The standard InChI is InChI=1S/C14H13BrClN5/c1-2-17-12-8-21-6-5-18-14(21)13(20-12)19-9-3-4-10(15)11(16)7-9/h3-8,17H,2H2,1H3,(H,19,20). The zero-order valence-electron chi connectivity index (χ0n) is 11.3. The van der Waals surface area contributed by atoms with Gasteiger partial charge in [0, 0.05) is 29.1 Å². The predicted octanol–water partition coefficient (Wildman–Crippen LogP) is 4.32. The molecule has 0 bridgehead atoms. The average Bonchev–Trinajstić information content (AvgIpc) is 2.92. The molecule has 108 valence electrons. The van der Waals surface area contributed by atoms with Crippen molar-refractivity contribution in [1.82, 2.24) is 14.4 Å². The molecular weight excluding hydrogens is 354 g/mol. The molecule has 0 aliphatic carbocycles. The van der Waals surface area contributed by atoms with E-state index in [4.69, 9.17) is 11.6 Å². The van der Waals surface area contributed by atoms with E-state index in [-0.39, 0.29) is 0 Å². The molecule has 3 aromatic rings. The minimum absolute atomic E-state index is 0.641. The third-order valence-corrected chi connectivity index (χ3v) is 4.15. The Balaban J connectivity index is 2.01. The highest BCUT2D eigenvalue weighted by molar-refractivity contribution is 9.10. The Kier molecular flexibility index (Phi) is 3.98. The van der Waals surface area contributed by atoms with E-state index in [0.29, 0.717) is 10.8 Å². The van der Waals surface area contributed by atoms with Crippen LogP contribution >= 0.6 is 27.5 Å². The van der Waals surface area contributed by atoms with Crippen LogP contribution in [0, 0.1) is 0 Å². The van der Waals surface area contributed by atoms with E-state index in [1.54, 1.807) is 6.20 Å². The molecule has 0 fully saturated rings. The summed E-state index contributed by atoms with van der Waals surface area (Å²) in [6, 6.07) is 5.66. The van der Waals surface area contributed by atoms with E-state index in [1.807, 2.05) is 41.9 Å². The highest BCUT2D eigenvalue weighted by atomic mass is 79.9. The molecule has 21 heavy (non-hydrogen) atoms. The maximum Gasteiger partial charge on any atom is 0.180 e. The highest BCUT2D eigenvalue weighted by Crippen LogP contribution is 2.28. The monoisotopic (exact) mass is 365 g/mol. The van der Waals surface area contributed by atoms with E-state index in [1.165, 1.54) is 0 Å². The summed E-state index contributed by atoms with van der Waals surface area (Å²) in [7, 11) is 0. The Morgan fingerprint density at radius 2 is 2.24 bits per heavy atom. The predicted molar refractivity (Wildman–Crippen MR) is 89.6 cm³/mol. The van der Waals surface area contributed by atoms with Crippen LogP contribution in [0.2, 0.25) is 5.02 Å². The third kappa shape index (κ3) is 2.96. The van der Waals surface area contributed by atoms with E-state index in [9.17, 15) is 0 Å². The van der Waals surface area contributed by atoms with Crippen LogP contribution in [0.3, 0.4) is 0 Å². The van der Waals surface area contributed by atoms with Gasteiger partial charge in [0.2, 0.25) is 0 Å². The van der Waals surface area contributed by atoms with Gasteiger partial charge in [0.1, 0.15) is 5.82 Å². The van der Waals surface area contributed by atoms with Crippen molar-refractivity contribution in [3.05, 3.63) is 46.3 Å². The molecule has 3 rings (SSSR count). The molecule has 7 heteroatoms. The van der Waals surface area contributed by atoms with Gasteiger partial charge < -0.3 is 15.0 Å². The first-order valence-corrected chi connectivity index (χ1v) is 7.64. The van der Waals surface area contributed by atoms with Gasteiger partial charge in [-0.2, -0.15) is 0 Å². The molecule has 0 atom stereocenters. The molecule has 2 N–H and O–H groups in total. The largest absolute Gasteiger partial charge is 0.369 e. The molecule has 0 saturated carbocycles. The molecule has 5 nitrogen and oxygen atoms in total. The van der Waals surface area contributed by atoms with Crippen molar-refractivity contribution in [2.45, 2.75) is 6.92 Å². The van der Waals surface area contributed by atoms with Crippen molar-refractivity contribution >= 4 is 50.5 Å². The van der Waals surface area contributed by atoms with Crippen molar-refractivity contribution in [2.75, 3.05) is 17.2 Å². The lowest BCUT2D eigenvalue weighted by molar-refractivity contribution is 1.09. The van der Waals surface area contributed by atoms with Crippen LogP contribution in [-0.4, -0.2) is 20.9 Å². The van der Waals surface area contributed by atoms with Crippen molar-refractivity contribution in [2.24, 2.45) is 0 Å². The van der Waals surface area contributed by atoms with Gasteiger partial charge in [-0.3, -0.25) is 0 Å². The van der Waals surface area contributed by atoms with Gasteiger partial charge in [-0.1, -0.05) is 11.6 Å². The smallest absolute Gasteiger partial charge is 0.180 e. The number of halogens is 2. The zero-order chi connectivity index (χ0) is 14.8. The molecule has 2 heterocycles. The van der Waals surface area contributed by atoms with Crippen LogP contribution in [0.1, 0.15) is 6.92 Å². The molecular formula is C14H13BrClN5. The Morgan fingerprint density at radius 1 is 1.38 bits per heavy atom. The number of imidazole rings is 1. The molecule has 0 aliphatic rings. The summed E-state index contributed by atoms with van der Waals surface area (Å²) in [5.41, 5.74) is 1.62. The zero-order valence-corrected chi connectivity index (χ0v) is 13.6. The van der Waals surface area contributed by atoms with Gasteiger partial charge in [-0.05, 0) is 41.1 Å². The van der Waals surface area contributed by atoms with Crippen molar-refractivity contribution in [3.63, 3.8) is 0 Å². The fraction of sp³-hybridized carbons (Fsp3) is 0.143. The molecule has 0 spiro atoms. The van der Waals surface area contributed by atoms with Gasteiger partial charge in [-0.25, -0.2) is 9.97 Å². The maximum absolute atomic E-state index is 6.12. The number of hydrogen-bond acceptors (Lipinski definition) is 4. The number of benzene rings is 1. The van der Waals surface area contributed by atoms with E-state index >= 15 is 0 Å². The van der Waals surface area contributed by atoms with Crippen LogP contribution in [0.25, 0.3) is 5.65 Å². The quantitative estimate of drug-likeness (QED) is 0.722. The average molecular weight is 367 g/mol. The molecule has 0 unspecified atom stereocenters. The minimum Gasteiger partial charge on any atom is -0.369 e. The fourth-order valence-corrected chi connectivity index (χ4v) is 2.42.